The van der Waals surface area contributed by atoms with Crippen LogP contribution in [-0.2, 0) is 5.54 Å². The largest absolute Gasteiger partial charge is 0.285 e. The van der Waals surface area contributed by atoms with Crippen LogP contribution in [0.5, 0.6) is 0 Å². The predicted molar refractivity (Wildman–Crippen MR) is 105 cm³/mol. The molecule has 1 fully saturated rings. The number of aromatic nitrogens is 6. The van der Waals surface area contributed by atoms with Gasteiger partial charge in [0.25, 0.3) is 0 Å². The lowest BCUT2D eigenvalue weighted by Crippen LogP contribution is -2.46. The molecule has 29 heavy (non-hydrogen) atoms. The summed E-state index contributed by atoms with van der Waals surface area (Å²) in [5.41, 5.74) is 3.48. The smallest absolute Gasteiger partial charge is 0.111 e. The van der Waals surface area contributed by atoms with Crippen LogP contribution in [0.3, 0.4) is 0 Å². The summed E-state index contributed by atoms with van der Waals surface area (Å²) in [5, 5.41) is 31.0. The van der Waals surface area contributed by atoms with Crippen LogP contribution in [0.2, 0.25) is 0 Å². The van der Waals surface area contributed by atoms with Crippen LogP contribution < -0.4 is 0 Å². The lowest BCUT2D eigenvalue weighted by atomic mass is 9.67. The lowest BCUT2D eigenvalue weighted by molar-refractivity contribution is 0.0884. The van der Waals surface area contributed by atoms with E-state index in [1.807, 2.05) is 35.1 Å². The first kappa shape index (κ1) is 17.1. The van der Waals surface area contributed by atoms with Gasteiger partial charge in [0, 0.05) is 29.5 Å². The Balaban J connectivity index is 1.62. The Bertz CT molecular complexity index is 1270. The molecule has 0 amide bonds. The van der Waals surface area contributed by atoms with E-state index in [0.29, 0.717) is 25.0 Å². The molecule has 1 N–H and O–H groups in total. The van der Waals surface area contributed by atoms with Crippen LogP contribution in [0, 0.1) is 28.6 Å². The summed E-state index contributed by atoms with van der Waals surface area (Å²) in [6, 6.07) is 12.2. The molecule has 8 heteroatoms. The summed E-state index contributed by atoms with van der Waals surface area (Å²) in [6.45, 7) is 0. The van der Waals surface area contributed by atoms with E-state index in [4.69, 9.17) is 15.3 Å². The Kier molecular flexibility index (Phi) is 3.85. The number of rotatable bonds is 4. The fraction of sp³-hybridized carbons (Fsp3) is 0.238. The molecule has 0 spiro atoms. The van der Waals surface area contributed by atoms with Gasteiger partial charge < -0.3 is 0 Å². The lowest BCUT2D eigenvalue weighted by Gasteiger charge is -2.43. The molecule has 1 saturated carbocycles. The number of pyridine rings is 2. The number of fused-ring (bicyclic) bond motifs is 1. The van der Waals surface area contributed by atoms with Gasteiger partial charge in [0.15, 0.2) is 0 Å². The molecule has 0 unspecified atom stereocenters. The number of nitrogens with zero attached hydrogens (tertiary/aromatic N) is 7. The second-order valence-electron chi connectivity index (χ2n) is 7.35. The minimum atomic E-state index is -0.413. The Morgan fingerprint density at radius 3 is 2.90 bits per heavy atom. The quantitative estimate of drug-likeness (QED) is 0.579. The molecule has 0 bridgehead atoms. The van der Waals surface area contributed by atoms with Gasteiger partial charge in [-0.05, 0) is 37.1 Å². The van der Waals surface area contributed by atoms with Crippen molar-refractivity contribution in [3.05, 3.63) is 49.1 Å². The number of hydrogen-bond acceptors (Lipinski definition) is 6. The van der Waals surface area contributed by atoms with Crippen molar-refractivity contribution in [2.45, 2.75) is 24.8 Å². The Hall–Kier alpha value is -4.04. The molecule has 0 saturated heterocycles. The molecule has 8 nitrogen and oxygen atoms in total. The van der Waals surface area contributed by atoms with Crippen LogP contribution in [0.4, 0.5) is 0 Å². The van der Waals surface area contributed by atoms with E-state index in [-0.39, 0.29) is 5.92 Å². The molecule has 0 radical (unpaired) electrons. The normalized spacial score (nSPS) is 20.7. The zero-order valence-corrected chi connectivity index (χ0v) is 15.4. The molecule has 140 valence electrons. The second kappa shape index (κ2) is 6.54. The second-order valence-corrected chi connectivity index (χ2v) is 7.35. The van der Waals surface area contributed by atoms with Crippen LogP contribution in [0.15, 0.2) is 49.1 Å². The van der Waals surface area contributed by atoms with Gasteiger partial charge in [-0.15, -0.1) is 0 Å². The van der Waals surface area contributed by atoms with Crippen molar-refractivity contribution in [2.75, 3.05) is 0 Å². The Labute approximate surface area is 166 Å². The van der Waals surface area contributed by atoms with E-state index in [9.17, 15) is 5.26 Å². The third-order valence-corrected chi connectivity index (χ3v) is 5.55. The first-order valence-electron chi connectivity index (χ1n) is 9.30. The molecule has 0 atom stereocenters. The summed E-state index contributed by atoms with van der Waals surface area (Å²) in [7, 11) is 0. The van der Waals surface area contributed by atoms with Crippen molar-refractivity contribution < 1.29 is 0 Å². The SMILES string of the molecule is N#CCC1(n2ccc(-c3nc(-c4cn[nH]c4)cc4ncccc34)n2)CC(C#N)C1. The van der Waals surface area contributed by atoms with Crippen LogP contribution >= 0.6 is 0 Å². The highest BCUT2D eigenvalue weighted by molar-refractivity contribution is 5.93. The van der Waals surface area contributed by atoms with E-state index in [2.05, 4.69) is 27.3 Å². The number of H-pyrrole nitrogens is 1. The van der Waals surface area contributed by atoms with Crippen LogP contribution in [0.1, 0.15) is 19.3 Å². The van der Waals surface area contributed by atoms with Crippen LogP contribution in [-0.4, -0.2) is 29.9 Å². The van der Waals surface area contributed by atoms with Gasteiger partial charge in [0.1, 0.15) is 11.4 Å². The summed E-state index contributed by atoms with van der Waals surface area (Å²) in [6.07, 6.45) is 8.76. The summed E-state index contributed by atoms with van der Waals surface area (Å²) in [4.78, 5) is 9.32. The molecular weight excluding hydrogens is 364 g/mol. The van der Waals surface area contributed by atoms with E-state index in [1.54, 1.807) is 18.6 Å². The average molecular weight is 380 g/mol. The van der Waals surface area contributed by atoms with E-state index in [0.717, 1.165) is 27.9 Å². The van der Waals surface area contributed by atoms with Crippen molar-refractivity contribution in [3.63, 3.8) is 0 Å². The van der Waals surface area contributed by atoms with Crippen molar-refractivity contribution in [2.24, 2.45) is 5.92 Å². The molecule has 1 aliphatic carbocycles. The number of aromatic amines is 1. The molecular formula is C21H16N8. The molecule has 4 heterocycles. The Morgan fingerprint density at radius 2 is 2.14 bits per heavy atom. The van der Waals surface area contributed by atoms with Crippen molar-refractivity contribution in [1.29, 1.82) is 10.5 Å². The molecule has 0 aliphatic heterocycles. The average Bonchev–Trinajstić information content (AvgIpc) is 3.42. The van der Waals surface area contributed by atoms with Crippen molar-refractivity contribution in [3.8, 4) is 34.8 Å². The molecule has 4 aromatic heterocycles. The third-order valence-electron chi connectivity index (χ3n) is 5.55. The monoisotopic (exact) mass is 380 g/mol. The highest BCUT2D eigenvalue weighted by Gasteiger charge is 2.46. The van der Waals surface area contributed by atoms with Gasteiger partial charge in [0.05, 0.1) is 47.4 Å². The molecule has 4 aromatic rings. The highest BCUT2D eigenvalue weighted by atomic mass is 15.3. The van der Waals surface area contributed by atoms with Crippen molar-refractivity contribution in [1.82, 2.24) is 29.9 Å². The van der Waals surface area contributed by atoms with Gasteiger partial charge in [0.2, 0.25) is 0 Å². The summed E-state index contributed by atoms with van der Waals surface area (Å²) < 4.78 is 1.84. The highest BCUT2D eigenvalue weighted by Crippen LogP contribution is 2.46. The maximum Gasteiger partial charge on any atom is 0.111 e. The fourth-order valence-electron chi connectivity index (χ4n) is 4.03. The summed E-state index contributed by atoms with van der Waals surface area (Å²) >= 11 is 0. The van der Waals surface area contributed by atoms with Gasteiger partial charge in [-0.1, -0.05) is 0 Å². The van der Waals surface area contributed by atoms with E-state index in [1.165, 1.54) is 0 Å². The molecule has 1 aliphatic rings. The third kappa shape index (κ3) is 2.74. The summed E-state index contributed by atoms with van der Waals surface area (Å²) in [5.74, 6) is -0.0245. The number of nitrogens with one attached hydrogen (secondary N) is 1. The van der Waals surface area contributed by atoms with Gasteiger partial charge in [-0.3, -0.25) is 14.8 Å². The number of nitriles is 2. The predicted octanol–water partition coefficient (Wildman–Crippen LogP) is 3.43. The van der Waals surface area contributed by atoms with Crippen molar-refractivity contribution >= 4 is 10.9 Å². The van der Waals surface area contributed by atoms with Gasteiger partial charge >= 0.3 is 0 Å². The van der Waals surface area contributed by atoms with E-state index >= 15 is 0 Å². The first-order chi connectivity index (χ1) is 14.2. The van der Waals surface area contributed by atoms with Gasteiger partial charge in [-0.2, -0.15) is 20.7 Å². The standard InChI is InChI=1S/C21H16N8/c22-5-4-21(9-14(10-21)11-23)29-7-3-17(28-29)20-16-2-1-6-24-19(16)8-18(27-20)15-12-25-26-13-15/h1-3,6-8,12-14H,4,9-10H2,(H,25,26). The minimum Gasteiger partial charge on any atom is -0.285 e. The maximum absolute atomic E-state index is 9.29. The zero-order valence-electron chi connectivity index (χ0n) is 15.4. The fourth-order valence-corrected chi connectivity index (χ4v) is 4.03. The first-order valence-corrected chi connectivity index (χ1v) is 9.30. The minimum absolute atomic E-state index is 0.0245. The van der Waals surface area contributed by atoms with Crippen LogP contribution in [0.25, 0.3) is 33.5 Å². The zero-order chi connectivity index (χ0) is 19.8. The Morgan fingerprint density at radius 1 is 1.24 bits per heavy atom. The van der Waals surface area contributed by atoms with E-state index < -0.39 is 5.54 Å². The molecule has 5 rings (SSSR count). The maximum atomic E-state index is 9.29. The number of hydrogen-bond donors (Lipinski definition) is 1. The molecule has 0 aromatic carbocycles. The van der Waals surface area contributed by atoms with Gasteiger partial charge in [-0.25, -0.2) is 4.98 Å². The topological polar surface area (TPSA) is 120 Å².